The topological polar surface area (TPSA) is 149 Å². The second-order valence-electron chi connectivity index (χ2n) is 12.1. The SMILES string of the molecule is CCCCCCC1(C(=O)O)C(CCCCCC)(C(=O)O)C(CCCCCC)(C(=O)O)C1(CCCCCC)C(=O)O. The summed E-state index contributed by atoms with van der Waals surface area (Å²) in [6.45, 7) is 8.03. The van der Waals surface area contributed by atoms with Crippen LogP contribution in [0.4, 0.5) is 0 Å². The van der Waals surface area contributed by atoms with Crippen LogP contribution in [-0.4, -0.2) is 44.3 Å². The highest BCUT2D eigenvalue weighted by atomic mass is 16.4. The molecule has 1 saturated carbocycles. The van der Waals surface area contributed by atoms with Gasteiger partial charge in [0.25, 0.3) is 0 Å². The van der Waals surface area contributed by atoms with E-state index in [9.17, 15) is 39.6 Å². The summed E-state index contributed by atoms with van der Waals surface area (Å²) in [6.07, 6.45) is 10.1. The van der Waals surface area contributed by atoms with Gasteiger partial charge in [0.05, 0.1) is 0 Å². The van der Waals surface area contributed by atoms with Crippen molar-refractivity contribution in [2.45, 2.75) is 156 Å². The summed E-state index contributed by atoms with van der Waals surface area (Å²) in [5.41, 5.74) is -8.86. The van der Waals surface area contributed by atoms with Crippen molar-refractivity contribution in [3.8, 4) is 0 Å². The molecule has 1 aliphatic carbocycles. The van der Waals surface area contributed by atoms with Crippen molar-refractivity contribution in [3.63, 3.8) is 0 Å². The number of carboxylic acids is 4. The van der Waals surface area contributed by atoms with Crippen LogP contribution in [0, 0.1) is 21.7 Å². The lowest BCUT2D eigenvalue weighted by Gasteiger charge is -2.75. The van der Waals surface area contributed by atoms with Crippen LogP contribution >= 0.6 is 0 Å². The molecule has 0 saturated heterocycles. The third-order valence-corrected chi connectivity index (χ3v) is 10.00. The Morgan fingerprint density at radius 3 is 0.650 bits per heavy atom. The fraction of sp³-hybridized carbons (Fsp3) is 0.875. The number of aliphatic carboxylic acids is 4. The molecular formula is C32H56O8. The van der Waals surface area contributed by atoms with Crippen LogP contribution in [0.25, 0.3) is 0 Å². The average Bonchev–Trinajstić information content (AvgIpc) is 2.89. The van der Waals surface area contributed by atoms with Gasteiger partial charge in [-0.2, -0.15) is 0 Å². The monoisotopic (exact) mass is 568 g/mol. The van der Waals surface area contributed by atoms with E-state index in [0.29, 0.717) is 51.4 Å². The molecular weight excluding hydrogens is 512 g/mol. The van der Waals surface area contributed by atoms with Crippen LogP contribution < -0.4 is 0 Å². The maximum atomic E-state index is 13.6. The molecule has 0 aromatic heterocycles. The fourth-order valence-electron chi connectivity index (χ4n) is 8.26. The van der Waals surface area contributed by atoms with Crippen LogP contribution in [0.15, 0.2) is 0 Å². The summed E-state index contributed by atoms with van der Waals surface area (Å²) in [4.78, 5) is 54.2. The smallest absolute Gasteiger partial charge is 0.312 e. The van der Waals surface area contributed by atoms with Gasteiger partial charge in [0.2, 0.25) is 0 Å². The van der Waals surface area contributed by atoms with E-state index in [0.717, 1.165) is 51.4 Å². The van der Waals surface area contributed by atoms with Crippen LogP contribution in [0.3, 0.4) is 0 Å². The zero-order valence-corrected chi connectivity index (χ0v) is 25.6. The van der Waals surface area contributed by atoms with Gasteiger partial charge in [0.1, 0.15) is 21.7 Å². The molecule has 0 unspecified atom stereocenters. The van der Waals surface area contributed by atoms with Gasteiger partial charge in [-0.1, -0.05) is 130 Å². The molecule has 0 aromatic rings. The fourth-order valence-corrected chi connectivity index (χ4v) is 8.26. The first-order valence-corrected chi connectivity index (χ1v) is 16.0. The van der Waals surface area contributed by atoms with E-state index in [-0.39, 0.29) is 25.7 Å². The lowest BCUT2D eigenvalue weighted by molar-refractivity contribution is -0.323. The molecule has 0 aromatic carbocycles. The molecule has 0 spiro atoms. The van der Waals surface area contributed by atoms with E-state index >= 15 is 0 Å². The van der Waals surface area contributed by atoms with E-state index in [1.165, 1.54) is 0 Å². The lowest BCUT2D eigenvalue weighted by Crippen LogP contribution is -2.87. The van der Waals surface area contributed by atoms with Crippen LogP contribution in [0.5, 0.6) is 0 Å². The predicted octanol–water partition coefficient (Wildman–Crippen LogP) is 8.17. The van der Waals surface area contributed by atoms with Gasteiger partial charge in [-0.3, -0.25) is 19.2 Å². The first-order chi connectivity index (χ1) is 19.0. The number of hydrogen-bond acceptors (Lipinski definition) is 4. The second kappa shape index (κ2) is 16.4. The predicted molar refractivity (Wildman–Crippen MR) is 155 cm³/mol. The van der Waals surface area contributed by atoms with Gasteiger partial charge >= 0.3 is 23.9 Å². The van der Waals surface area contributed by atoms with Crippen LogP contribution in [0.1, 0.15) is 156 Å². The Morgan fingerprint density at radius 1 is 0.350 bits per heavy atom. The van der Waals surface area contributed by atoms with Gasteiger partial charge in [-0.15, -0.1) is 0 Å². The molecule has 0 aliphatic heterocycles. The summed E-state index contributed by atoms with van der Waals surface area (Å²) in [7, 11) is 0. The average molecular weight is 569 g/mol. The number of unbranched alkanes of at least 4 members (excludes halogenated alkanes) is 12. The molecule has 8 nitrogen and oxygen atoms in total. The number of rotatable bonds is 24. The largest absolute Gasteiger partial charge is 0.481 e. The summed E-state index contributed by atoms with van der Waals surface area (Å²) >= 11 is 0. The van der Waals surface area contributed by atoms with Gasteiger partial charge in [-0.05, 0) is 25.7 Å². The Balaban J connectivity index is 4.09. The molecule has 0 atom stereocenters. The Morgan fingerprint density at radius 2 is 0.525 bits per heavy atom. The molecule has 1 rings (SSSR count). The summed E-state index contributed by atoms with van der Waals surface area (Å²) in [5.74, 6) is -5.87. The Labute approximate surface area is 241 Å². The Kier molecular flexibility index (Phi) is 14.7. The first kappa shape index (κ1) is 35.9. The normalized spacial score (nSPS) is 27.7. The Hall–Kier alpha value is -2.12. The molecule has 8 heteroatoms. The molecule has 1 aliphatic rings. The van der Waals surface area contributed by atoms with Crippen LogP contribution in [-0.2, 0) is 19.2 Å². The van der Waals surface area contributed by atoms with Crippen molar-refractivity contribution in [1.82, 2.24) is 0 Å². The van der Waals surface area contributed by atoms with Crippen molar-refractivity contribution in [2.24, 2.45) is 21.7 Å². The van der Waals surface area contributed by atoms with Gasteiger partial charge in [0.15, 0.2) is 0 Å². The third-order valence-electron chi connectivity index (χ3n) is 10.00. The molecule has 0 radical (unpaired) electrons. The van der Waals surface area contributed by atoms with E-state index < -0.39 is 45.5 Å². The minimum atomic E-state index is -2.22. The van der Waals surface area contributed by atoms with Gasteiger partial charge < -0.3 is 20.4 Å². The minimum absolute atomic E-state index is 0.146. The van der Waals surface area contributed by atoms with Crippen molar-refractivity contribution in [1.29, 1.82) is 0 Å². The standard InChI is InChI=1S/C32H56O8/c1-5-9-13-17-21-29(25(33)34)30(26(35)36,22-18-14-10-6-2)32(28(39)40,24-20-16-12-8-4)31(29,27(37)38)23-19-15-11-7-3/h5-24H2,1-4H3,(H,33,34)(H,35,36)(H,37,38)(H,39,40). The molecule has 4 N–H and O–H groups in total. The summed E-state index contributed by atoms with van der Waals surface area (Å²) < 4.78 is 0. The van der Waals surface area contributed by atoms with E-state index in [2.05, 4.69) is 0 Å². The maximum Gasteiger partial charge on any atom is 0.312 e. The zero-order valence-electron chi connectivity index (χ0n) is 25.6. The second-order valence-corrected chi connectivity index (χ2v) is 12.1. The zero-order chi connectivity index (χ0) is 30.5. The molecule has 0 amide bonds. The lowest BCUT2D eigenvalue weighted by atomic mass is 9.21. The van der Waals surface area contributed by atoms with Crippen molar-refractivity contribution >= 4 is 23.9 Å². The first-order valence-electron chi connectivity index (χ1n) is 16.0. The maximum absolute atomic E-state index is 13.6. The van der Waals surface area contributed by atoms with Crippen molar-refractivity contribution in [2.75, 3.05) is 0 Å². The van der Waals surface area contributed by atoms with Crippen molar-refractivity contribution in [3.05, 3.63) is 0 Å². The third kappa shape index (κ3) is 5.92. The summed E-state index contributed by atoms with van der Waals surface area (Å²) in [5, 5.41) is 44.1. The number of carboxylic acid groups (broad SMARTS) is 4. The van der Waals surface area contributed by atoms with E-state index in [1.807, 2.05) is 27.7 Å². The molecule has 0 heterocycles. The van der Waals surface area contributed by atoms with E-state index in [4.69, 9.17) is 0 Å². The number of hydrogen-bond donors (Lipinski definition) is 4. The minimum Gasteiger partial charge on any atom is -0.481 e. The van der Waals surface area contributed by atoms with Crippen LogP contribution in [0.2, 0.25) is 0 Å². The molecule has 232 valence electrons. The van der Waals surface area contributed by atoms with Gasteiger partial charge in [0, 0.05) is 0 Å². The number of carbonyl (C=O) groups is 4. The summed E-state index contributed by atoms with van der Waals surface area (Å²) in [6, 6.07) is 0. The Bertz CT molecular complexity index is 689. The molecule has 0 bridgehead atoms. The highest BCUT2D eigenvalue weighted by molar-refractivity contribution is 6.06. The highest BCUT2D eigenvalue weighted by Gasteiger charge is 2.96. The van der Waals surface area contributed by atoms with Gasteiger partial charge in [-0.25, -0.2) is 0 Å². The van der Waals surface area contributed by atoms with E-state index in [1.54, 1.807) is 0 Å². The van der Waals surface area contributed by atoms with Crippen molar-refractivity contribution < 1.29 is 39.6 Å². The molecule has 1 fully saturated rings. The molecule has 40 heavy (non-hydrogen) atoms. The highest BCUT2D eigenvalue weighted by Crippen LogP contribution is 2.84. The quantitative estimate of drug-likeness (QED) is 0.0852.